The second kappa shape index (κ2) is 8.06. The van der Waals surface area contributed by atoms with Gasteiger partial charge in [-0.15, -0.1) is 0 Å². The van der Waals surface area contributed by atoms with Crippen molar-refractivity contribution in [1.29, 1.82) is 0 Å². The second-order valence-corrected chi connectivity index (χ2v) is 6.68. The quantitative estimate of drug-likeness (QED) is 0.646. The van der Waals surface area contributed by atoms with Gasteiger partial charge in [-0.1, -0.05) is 48.0 Å². The molecule has 0 bridgehead atoms. The first-order valence-electron chi connectivity index (χ1n) is 8.34. The van der Waals surface area contributed by atoms with Crippen molar-refractivity contribution in [2.75, 3.05) is 0 Å². The molecule has 0 fully saturated rings. The number of ketones is 1. The monoisotopic (exact) mass is 380 g/mol. The van der Waals surface area contributed by atoms with Crippen LogP contribution in [0.1, 0.15) is 21.5 Å². The molecule has 3 rings (SSSR count). The van der Waals surface area contributed by atoms with E-state index in [9.17, 15) is 19.8 Å². The number of rotatable bonds is 6. The zero-order valence-corrected chi connectivity index (χ0v) is 15.1. The zero-order chi connectivity index (χ0) is 19.4. The van der Waals surface area contributed by atoms with Crippen LogP contribution < -0.4 is 0 Å². The number of hydrogen-bond acceptors (Lipinski definition) is 3. The fraction of sp³-hybridized carbons (Fsp3) is 0.0909. The first-order valence-corrected chi connectivity index (χ1v) is 8.72. The number of carboxylic acid groups (broad SMARTS) is 1. The van der Waals surface area contributed by atoms with Gasteiger partial charge in [-0.25, -0.2) is 4.79 Å². The van der Waals surface area contributed by atoms with E-state index in [0.717, 1.165) is 16.7 Å². The van der Waals surface area contributed by atoms with E-state index >= 15 is 0 Å². The van der Waals surface area contributed by atoms with Gasteiger partial charge in [-0.2, -0.15) is 0 Å². The maximum Gasteiger partial charge on any atom is 0.335 e. The highest BCUT2D eigenvalue weighted by Crippen LogP contribution is 2.23. The lowest BCUT2D eigenvalue weighted by Gasteiger charge is -2.07. The molecule has 0 aliphatic rings. The Morgan fingerprint density at radius 2 is 1.41 bits per heavy atom. The highest BCUT2D eigenvalue weighted by Gasteiger charge is 2.14. The van der Waals surface area contributed by atoms with Crippen LogP contribution in [0.5, 0.6) is 5.75 Å². The van der Waals surface area contributed by atoms with Crippen LogP contribution in [0.4, 0.5) is 0 Å². The van der Waals surface area contributed by atoms with Crippen LogP contribution in [0.15, 0.2) is 66.7 Å². The summed E-state index contributed by atoms with van der Waals surface area (Å²) in [5.41, 5.74) is 3.31. The summed E-state index contributed by atoms with van der Waals surface area (Å²) in [5.74, 6) is -0.951. The SMILES string of the molecule is O=C(Cc1ccc(-c2ccc(O)cc2)cc1)Cc1cc(Cl)ccc1C(=O)O. The Bertz CT molecular complexity index is 976. The lowest BCUT2D eigenvalue weighted by atomic mass is 9.97. The number of carboxylic acids is 1. The minimum atomic E-state index is -1.08. The average Bonchev–Trinajstić information content (AvgIpc) is 2.63. The molecule has 5 heteroatoms. The summed E-state index contributed by atoms with van der Waals surface area (Å²) < 4.78 is 0. The van der Waals surface area contributed by atoms with Crippen molar-refractivity contribution in [2.45, 2.75) is 12.8 Å². The fourth-order valence-corrected chi connectivity index (χ4v) is 3.08. The van der Waals surface area contributed by atoms with E-state index in [1.54, 1.807) is 12.1 Å². The lowest BCUT2D eigenvalue weighted by molar-refractivity contribution is -0.117. The molecule has 3 aromatic rings. The summed E-state index contributed by atoms with van der Waals surface area (Å²) in [4.78, 5) is 23.7. The molecule has 136 valence electrons. The third-order valence-electron chi connectivity index (χ3n) is 4.24. The number of benzene rings is 3. The summed E-state index contributed by atoms with van der Waals surface area (Å²) >= 11 is 5.93. The van der Waals surface area contributed by atoms with Crippen LogP contribution in [-0.4, -0.2) is 22.0 Å². The average molecular weight is 381 g/mol. The van der Waals surface area contributed by atoms with Crippen molar-refractivity contribution in [3.63, 3.8) is 0 Å². The van der Waals surface area contributed by atoms with Gasteiger partial charge in [0.2, 0.25) is 0 Å². The van der Waals surface area contributed by atoms with Crippen molar-refractivity contribution in [2.24, 2.45) is 0 Å². The smallest absolute Gasteiger partial charge is 0.335 e. The molecule has 0 saturated carbocycles. The van der Waals surface area contributed by atoms with Crippen LogP contribution in [-0.2, 0) is 17.6 Å². The highest BCUT2D eigenvalue weighted by molar-refractivity contribution is 6.30. The van der Waals surface area contributed by atoms with E-state index in [1.807, 2.05) is 36.4 Å². The van der Waals surface area contributed by atoms with Gasteiger partial charge in [0.15, 0.2) is 0 Å². The number of aromatic carboxylic acids is 1. The van der Waals surface area contributed by atoms with Crippen LogP contribution in [0.3, 0.4) is 0 Å². The number of phenols is 1. The number of phenolic OH excluding ortho intramolecular Hbond substituents is 1. The third-order valence-corrected chi connectivity index (χ3v) is 4.48. The molecule has 0 amide bonds. The van der Waals surface area contributed by atoms with Gasteiger partial charge >= 0.3 is 5.97 Å². The number of carbonyl (C=O) groups excluding carboxylic acids is 1. The fourth-order valence-electron chi connectivity index (χ4n) is 2.89. The van der Waals surface area contributed by atoms with Gasteiger partial charge in [0.1, 0.15) is 11.5 Å². The molecule has 0 saturated heterocycles. The standard InChI is InChI=1S/C22H17ClO4/c23-18-7-10-21(22(26)27)17(12-18)13-20(25)11-14-1-3-15(4-2-14)16-5-8-19(24)9-6-16/h1-10,12,24H,11,13H2,(H,26,27). The van der Waals surface area contributed by atoms with Gasteiger partial charge in [0, 0.05) is 17.9 Å². The van der Waals surface area contributed by atoms with E-state index in [1.165, 1.54) is 18.2 Å². The second-order valence-electron chi connectivity index (χ2n) is 6.24. The Hall–Kier alpha value is -3.11. The zero-order valence-electron chi connectivity index (χ0n) is 14.4. The van der Waals surface area contributed by atoms with E-state index in [0.29, 0.717) is 10.6 Å². The molecular formula is C22H17ClO4. The summed E-state index contributed by atoms with van der Waals surface area (Å²) in [5, 5.41) is 19.0. The predicted molar refractivity (Wildman–Crippen MR) is 104 cm³/mol. The molecule has 0 aliphatic carbocycles. The van der Waals surface area contributed by atoms with E-state index in [2.05, 4.69) is 0 Å². The van der Waals surface area contributed by atoms with E-state index in [-0.39, 0.29) is 29.9 Å². The molecule has 0 unspecified atom stereocenters. The third kappa shape index (κ3) is 4.74. The number of Topliss-reactive ketones (excluding diaryl/α,β-unsaturated/α-hetero) is 1. The maximum atomic E-state index is 12.4. The van der Waals surface area contributed by atoms with Crippen LogP contribution in [0, 0.1) is 0 Å². The Labute approximate surface area is 161 Å². The maximum absolute atomic E-state index is 12.4. The van der Waals surface area contributed by atoms with Gasteiger partial charge in [0.25, 0.3) is 0 Å². The lowest BCUT2D eigenvalue weighted by Crippen LogP contribution is -2.11. The topological polar surface area (TPSA) is 74.6 Å². The minimum absolute atomic E-state index is 0.0158. The molecule has 3 aromatic carbocycles. The number of halogens is 1. The molecule has 0 aliphatic heterocycles. The Balaban J connectivity index is 1.71. The molecule has 2 N–H and O–H groups in total. The van der Waals surface area contributed by atoms with Crippen molar-refractivity contribution in [3.05, 3.63) is 88.4 Å². The van der Waals surface area contributed by atoms with Gasteiger partial charge in [-0.05, 0) is 52.6 Å². The van der Waals surface area contributed by atoms with E-state index in [4.69, 9.17) is 11.6 Å². The highest BCUT2D eigenvalue weighted by atomic mass is 35.5. The Morgan fingerprint density at radius 1 is 0.815 bits per heavy atom. The number of hydrogen-bond donors (Lipinski definition) is 2. The first kappa shape index (κ1) is 18.7. The van der Waals surface area contributed by atoms with Crippen LogP contribution in [0.2, 0.25) is 5.02 Å². The van der Waals surface area contributed by atoms with Crippen molar-refractivity contribution in [3.8, 4) is 16.9 Å². The van der Waals surface area contributed by atoms with Crippen molar-refractivity contribution >= 4 is 23.4 Å². The number of carbonyl (C=O) groups is 2. The molecule has 4 nitrogen and oxygen atoms in total. The molecule has 0 aromatic heterocycles. The predicted octanol–water partition coefficient (Wildman–Crippen LogP) is 4.77. The molecule has 0 heterocycles. The Morgan fingerprint density at radius 3 is 2.00 bits per heavy atom. The van der Waals surface area contributed by atoms with Gasteiger partial charge < -0.3 is 10.2 Å². The summed E-state index contributed by atoms with van der Waals surface area (Å²) in [6.07, 6.45) is 0.226. The van der Waals surface area contributed by atoms with E-state index < -0.39 is 5.97 Å². The number of aromatic hydroxyl groups is 1. The summed E-state index contributed by atoms with van der Waals surface area (Å²) in [7, 11) is 0. The van der Waals surface area contributed by atoms with Crippen LogP contribution in [0.25, 0.3) is 11.1 Å². The molecule has 0 radical (unpaired) electrons. The van der Waals surface area contributed by atoms with Gasteiger partial charge in [-0.3, -0.25) is 4.79 Å². The molecule has 27 heavy (non-hydrogen) atoms. The largest absolute Gasteiger partial charge is 0.508 e. The normalized spacial score (nSPS) is 10.6. The van der Waals surface area contributed by atoms with Gasteiger partial charge in [0.05, 0.1) is 5.56 Å². The molecule has 0 atom stereocenters. The molecule has 0 spiro atoms. The van der Waals surface area contributed by atoms with Crippen molar-refractivity contribution < 1.29 is 19.8 Å². The van der Waals surface area contributed by atoms with Crippen molar-refractivity contribution in [1.82, 2.24) is 0 Å². The Kier molecular flexibility index (Phi) is 5.57. The summed E-state index contributed by atoms with van der Waals surface area (Å²) in [6.45, 7) is 0. The summed E-state index contributed by atoms with van der Waals surface area (Å²) in [6, 6.07) is 18.9. The minimum Gasteiger partial charge on any atom is -0.508 e. The first-order chi connectivity index (χ1) is 12.9. The van der Waals surface area contributed by atoms with Crippen LogP contribution >= 0.6 is 11.6 Å². The molecular weight excluding hydrogens is 364 g/mol.